The average molecular weight is 470 g/mol. The summed E-state index contributed by atoms with van der Waals surface area (Å²) in [5.74, 6) is 0.839. The molecule has 0 saturated carbocycles. The van der Waals surface area contributed by atoms with E-state index in [1.807, 2.05) is 48.7 Å². The number of ether oxygens (including phenoxy) is 1. The van der Waals surface area contributed by atoms with Crippen LogP contribution in [-0.2, 0) is 12.8 Å². The molecule has 1 aliphatic rings. The Morgan fingerprint density at radius 3 is 2.71 bits per heavy atom. The third-order valence-electron chi connectivity index (χ3n) is 6.40. The van der Waals surface area contributed by atoms with Crippen molar-refractivity contribution < 1.29 is 14.3 Å². The minimum absolute atomic E-state index is 0.0146. The largest absolute Gasteiger partial charge is 0.457 e. The molecule has 2 N–H and O–H groups in total. The van der Waals surface area contributed by atoms with Gasteiger partial charge in [-0.3, -0.25) is 19.0 Å². The molecule has 35 heavy (non-hydrogen) atoms. The number of rotatable bonds is 5. The predicted octanol–water partition coefficient (Wildman–Crippen LogP) is 3.79. The highest BCUT2D eigenvalue weighted by Crippen LogP contribution is 2.29. The van der Waals surface area contributed by atoms with Crippen molar-refractivity contribution in [1.29, 1.82) is 0 Å². The Bertz CT molecular complexity index is 1440. The maximum atomic E-state index is 13.2. The van der Waals surface area contributed by atoms with E-state index in [4.69, 9.17) is 4.74 Å². The molecular formula is C27H27N5O3. The third-order valence-corrected chi connectivity index (χ3v) is 6.40. The molecule has 0 spiro atoms. The Kier molecular flexibility index (Phi) is 5.94. The summed E-state index contributed by atoms with van der Waals surface area (Å²) in [6.45, 7) is 3.86. The first kappa shape index (κ1) is 22.6. The highest BCUT2D eigenvalue weighted by molar-refractivity contribution is 5.95. The van der Waals surface area contributed by atoms with Crippen LogP contribution in [0.15, 0.2) is 54.9 Å². The molecule has 1 aromatic carbocycles. The number of aromatic nitrogens is 3. The lowest BCUT2D eigenvalue weighted by Crippen LogP contribution is -2.39. The average Bonchev–Trinajstić information content (AvgIpc) is 3.20. The van der Waals surface area contributed by atoms with Crippen LogP contribution in [0, 0.1) is 13.8 Å². The van der Waals surface area contributed by atoms with Gasteiger partial charge in [-0.2, -0.15) is 0 Å². The quantitative estimate of drug-likeness (QED) is 0.464. The highest BCUT2D eigenvalue weighted by atomic mass is 16.5. The topological polar surface area (TPSA) is 97.6 Å². The van der Waals surface area contributed by atoms with Crippen LogP contribution in [0.4, 0.5) is 0 Å². The Balaban J connectivity index is 1.32. The summed E-state index contributed by atoms with van der Waals surface area (Å²) >= 11 is 0. The number of amides is 2. The second kappa shape index (κ2) is 9.21. The molecule has 2 amide bonds. The van der Waals surface area contributed by atoms with Gasteiger partial charge in [0.2, 0.25) is 0 Å². The molecule has 178 valence electrons. The minimum Gasteiger partial charge on any atom is -0.457 e. The minimum atomic E-state index is -0.268. The molecule has 0 aliphatic heterocycles. The molecule has 0 radical (unpaired) electrons. The smallest absolute Gasteiger partial charge is 0.270 e. The van der Waals surface area contributed by atoms with Gasteiger partial charge in [-0.1, -0.05) is 12.1 Å². The summed E-state index contributed by atoms with van der Waals surface area (Å²) < 4.78 is 7.88. The summed E-state index contributed by atoms with van der Waals surface area (Å²) in [6, 6.07) is 13.3. The molecule has 1 atom stereocenters. The second-order valence-corrected chi connectivity index (χ2v) is 8.83. The van der Waals surface area contributed by atoms with Crippen molar-refractivity contribution in [2.45, 2.75) is 39.2 Å². The van der Waals surface area contributed by atoms with Gasteiger partial charge in [0.05, 0.1) is 5.69 Å². The van der Waals surface area contributed by atoms with Gasteiger partial charge < -0.3 is 15.4 Å². The third kappa shape index (κ3) is 4.47. The number of aryl methyl sites for hydroxylation is 3. The van der Waals surface area contributed by atoms with Gasteiger partial charge >= 0.3 is 0 Å². The van der Waals surface area contributed by atoms with Crippen molar-refractivity contribution in [2.75, 3.05) is 7.05 Å². The van der Waals surface area contributed by atoms with Crippen molar-refractivity contribution in [3.8, 4) is 11.5 Å². The van der Waals surface area contributed by atoms with Gasteiger partial charge in [-0.05, 0) is 74.1 Å². The van der Waals surface area contributed by atoms with Crippen LogP contribution in [0.5, 0.6) is 11.5 Å². The van der Waals surface area contributed by atoms with Crippen molar-refractivity contribution >= 4 is 17.5 Å². The van der Waals surface area contributed by atoms with Gasteiger partial charge in [0, 0.05) is 31.5 Å². The molecule has 0 fully saturated rings. The van der Waals surface area contributed by atoms with E-state index in [2.05, 4.69) is 26.7 Å². The molecule has 0 bridgehead atoms. The lowest BCUT2D eigenvalue weighted by Gasteiger charge is -2.26. The van der Waals surface area contributed by atoms with E-state index in [1.54, 1.807) is 25.4 Å². The molecule has 3 heterocycles. The second-order valence-electron chi connectivity index (χ2n) is 8.83. The number of nitrogens with zero attached hydrogens (tertiary/aromatic N) is 3. The summed E-state index contributed by atoms with van der Waals surface area (Å²) in [6.07, 6.45) is 5.89. The number of fused-ring (bicyclic) bond motifs is 2. The highest BCUT2D eigenvalue weighted by Gasteiger charge is 2.24. The SMILES string of the molecule is CNC(=O)c1cc(Oc2ccc3c(c2)CC(NC(=O)c2c(C)nc4c(C)cccn24)CC3)ccn1. The van der Waals surface area contributed by atoms with Crippen molar-refractivity contribution in [2.24, 2.45) is 0 Å². The Hall–Kier alpha value is -4.20. The van der Waals surface area contributed by atoms with E-state index in [0.717, 1.165) is 35.3 Å². The molecular weight excluding hydrogens is 442 g/mol. The van der Waals surface area contributed by atoms with Gasteiger partial charge in [-0.25, -0.2) is 4.98 Å². The molecule has 8 nitrogen and oxygen atoms in total. The summed E-state index contributed by atoms with van der Waals surface area (Å²) in [5, 5.41) is 5.78. The summed E-state index contributed by atoms with van der Waals surface area (Å²) in [5.41, 5.74) is 5.83. The van der Waals surface area contributed by atoms with E-state index in [-0.39, 0.29) is 17.9 Å². The summed E-state index contributed by atoms with van der Waals surface area (Å²) in [7, 11) is 1.56. The lowest BCUT2D eigenvalue weighted by atomic mass is 9.88. The van der Waals surface area contributed by atoms with Gasteiger partial charge in [-0.15, -0.1) is 0 Å². The van der Waals surface area contributed by atoms with Crippen LogP contribution in [0.1, 0.15) is 49.8 Å². The molecule has 4 aromatic rings. The number of benzene rings is 1. The Morgan fingerprint density at radius 2 is 1.89 bits per heavy atom. The van der Waals surface area contributed by atoms with Crippen molar-refractivity contribution in [3.63, 3.8) is 0 Å². The van der Waals surface area contributed by atoms with Crippen molar-refractivity contribution in [1.82, 2.24) is 25.0 Å². The molecule has 8 heteroatoms. The van der Waals surface area contributed by atoms with Crippen LogP contribution in [-0.4, -0.2) is 39.3 Å². The fourth-order valence-corrected chi connectivity index (χ4v) is 4.63. The fraction of sp³-hybridized carbons (Fsp3) is 0.259. The van der Waals surface area contributed by atoms with E-state index in [0.29, 0.717) is 29.3 Å². The number of hydrogen-bond donors (Lipinski definition) is 2. The van der Waals surface area contributed by atoms with E-state index in [9.17, 15) is 9.59 Å². The number of carbonyl (C=O) groups excluding carboxylic acids is 2. The zero-order valence-corrected chi connectivity index (χ0v) is 20.0. The predicted molar refractivity (Wildman–Crippen MR) is 132 cm³/mol. The monoisotopic (exact) mass is 469 g/mol. The molecule has 5 rings (SSSR count). The van der Waals surface area contributed by atoms with E-state index < -0.39 is 0 Å². The molecule has 1 unspecified atom stereocenters. The maximum absolute atomic E-state index is 13.2. The van der Waals surface area contributed by atoms with Crippen LogP contribution >= 0.6 is 0 Å². The van der Waals surface area contributed by atoms with Crippen LogP contribution in [0.25, 0.3) is 5.65 Å². The number of nitrogens with one attached hydrogen (secondary N) is 2. The summed E-state index contributed by atoms with van der Waals surface area (Å²) in [4.78, 5) is 33.7. The van der Waals surface area contributed by atoms with Gasteiger partial charge in [0.25, 0.3) is 11.8 Å². The standard InChI is InChI=1S/C27H27N5O3/c1-16-5-4-12-32-24(17(2)30-25(16)32)27(34)31-20-8-6-18-7-9-21(14-19(18)13-20)35-22-10-11-29-23(15-22)26(33)28-3/h4-5,7,9-12,14-15,20H,6,8,13H2,1-3H3,(H,28,33)(H,31,34). The first-order chi connectivity index (χ1) is 16.9. The zero-order valence-electron chi connectivity index (χ0n) is 20.0. The lowest BCUT2D eigenvalue weighted by molar-refractivity contribution is 0.0925. The first-order valence-electron chi connectivity index (χ1n) is 11.7. The number of carbonyl (C=O) groups is 2. The molecule has 0 saturated heterocycles. The van der Waals surface area contributed by atoms with Crippen LogP contribution in [0.2, 0.25) is 0 Å². The first-order valence-corrected chi connectivity index (χ1v) is 11.7. The Morgan fingerprint density at radius 1 is 1.06 bits per heavy atom. The molecule has 1 aliphatic carbocycles. The number of imidazole rings is 1. The van der Waals surface area contributed by atoms with Crippen LogP contribution in [0.3, 0.4) is 0 Å². The van der Waals surface area contributed by atoms with Crippen LogP contribution < -0.4 is 15.4 Å². The Labute approximate surface area is 203 Å². The van der Waals surface area contributed by atoms with Gasteiger partial charge in [0.1, 0.15) is 28.5 Å². The normalized spacial score (nSPS) is 14.9. The van der Waals surface area contributed by atoms with Crippen molar-refractivity contribution in [3.05, 3.63) is 88.6 Å². The fourth-order valence-electron chi connectivity index (χ4n) is 4.63. The van der Waals surface area contributed by atoms with E-state index >= 15 is 0 Å². The molecule has 3 aromatic heterocycles. The maximum Gasteiger partial charge on any atom is 0.270 e. The van der Waals surface area contributed by atoms with E-state index in [1.165, 1.54) is 5.56 Å². The van der Waals surface area contributed by atoms with Gasteiger partial charge in [0.15, 0.2) is 0 Å². The zero-order chi connectivity index (χ0) is 24.5. The number of hydrogen-bond acceptors (Lipinski definition) is 5. The number of pyridine rings is 2.